The molecule has 1 aromatic rings. The summed E-state index contributed by atoms with van der Waals surface area (Å²) in [6, 6.07) is 5.64. The van der Waals surface area contributed by atoms with Crippen molar-refractivity contribution in [1.82, 2.24) is 5.32 Å². The third-order valence-corrected chi connectivity index (χ3v) is 4.44. The topological polar surface area (TPSA) is 83.1 Å². The van der Waals surface area contributed by atoms with Gasteiger partial charge in [0.1, 0.15) is 19.0 Å². The van der Waals surface area contributed by atoms with Crippen LogP contribution in [0.4, 0.5) is 4.39 Å². The number of hydrogen-bond acceptors (Lipinski definition) is 7. The number of nitrogens with one attached hydrogen (secondary N) is 1. The summed E-state index contributed by atoms with van der Waals surface area (Å²) in [5.74, 6) is -2.35. The van der Waals surface area contributed by atoms with E-state index in [-0.39, 0.29) is 37.6 Å². The Bertz CT molecular complexity index is 756. The van der Waals surface area contributed by atoms with E-state index < -0.39 is 23.7 Å². The molecule has 158 valence electrons. The average molecular weight is 407 g/mol. The molecule has 0 bridgehead atoms. The molecule has 1 aliphatic heterocycles. The number of rotatable bonds is 9. The number of esters is 2. The zero-order valence-electron chi connectivity index (χ0n) is 17.0. The van der Waals surface area contributed by atoms with E-state index in [1.54, 1.807) is 13.8 Å². The van der Waals surface area contributed by atoms with Crippen molar-refractivity contribution in [3.63, 3.8) is 0 Å². The average Bonchev–Trinajstić information content (AvgIpc) is 2.68. The van der Waals surface area contributed by atoms with E-state index >= 15 is 0 Å². The summed E-state index contributed by atoms with van der Waals surface area (Å²) in [5, 5.41) is 3.05. The molecular formula is C21H26FNO6. The van der Waals surface area contributed by atoms with Crippen LogP contribution in [0, 0.1) is 5.82 Å². The number of dihydropyridines is 1. The lowest BCUT2D eigenvalue weighted by Crippen LogP contribution is -2.33. The second-order valence-electron chi connectivity index (χ2n) is 6.44. The van der Waals surface area contributed by atoms with Crippen LogP contribution in [-0.4, -0.2) is 52.6 Å². The zero-order chi connectivity index (χ0) is 21.4. The number of halogens is 1. The van der Waals surface area contributed by atoms with Gasteiger partial charge in [-0.3, -0.25) is 0 Å². The number of ether oxygens (including phenoxy) is 4. The van der Waals surface area contributed by atoms with Crippen molar-refractivity contribution in [2.45, 2.75) is 19.8 Å². The highest BCUT2D eigenvalue weighted by Crippen LogP contribution is 2.39. The minimum absolute atomic E-state index is 0.0680. The van der Waals surface area contributed by atoms with Gasteiger partial charge in [0.25, 0.3) is 0 Å². The van der Waals surface area contributed by atoms with E-state index in [0.717, 1.165) is 0 Å². The Balaban J connectivity index is 2.45. The predicted molar refractivity (Wildman–Crippen MR) is 103 cm³/mol. The van der Waals surface area contributed by atoms with Crippen molar-refractivity contribution < 1.29 is 32.9 Å². The maximum Gasteiger partial charge on any atom is 0.336 e. The van der Waals surface area contributed by atoms with Gasteiger partial charge in [-0.1, -0.05) is 12.1 Å². The first-order valence-electron chi connectivity index (χ1n) is 9.16. The van der Waals surface area contributed by atoms with Crippen LogP contribution in [0.15, 0.2) is 46.8 Å². The van der Waals surface area contributed by atoms with Gasteiger partial charge in [0.15, 0.2) is 0 Å². The van der Waals surface area contributed by atoms with E-state index in [4.69, 9.17) is 18.9 Å². The summed E-state index contributed by atoms with van der Waals surface area (Å²) in [4.78, 5) is 25.6. The van der Waals surface area contributed by atoms with E-state index in [9.17, 15) is 14.0 Å². The normalized spacial score (nSPS) is 14.7. The minimum Gasteiger partial charge on any atom is -0.460 e. The summed E-state index contributed by atoms with van der Waals surface area (Å²) in [6.45, 7) is 4.07. The molecule has 7 nitrogen and oxygen atoms in total. The highest BCUT2D eigenvalue weighted by atomic mass is 19.1. The standard InChI is InChI=1S/C21H26FNO6/c1-13-17(20(24)28-11-9-26-3)19(15-5-7-16(22)8-6-15)18(14(2)23-13)21(25)29-12-10-27-4/h5-8,19,23H,9-12H2,1-4H3. The Morgan fingerprint density at radius 1 is 0.862 bits per heavy atom. The van der Waals surface area contributed by atoms with Crippen LogP contribution in [0.5, 0.6) is 0 Å². The van der Waals surface area contributed by atoms with Crippen LogP contribution in [-0.2, 0) is 28.5 Å². The summed E-state index contributed by atoms with van der Waals surface area (Å²) >= 11 is 0. The molecule has 0 amide bonds. The van der Waals surface area contributed by atoms with Crippen LogP contribution in [0.2, 0.25) is 0 Å². The highest BCUT2D eigenvalue weighted by Gasteiger charge is 2.38. The van der Waals surface area contributed by atoms with Crippen molar-refractivity contribution >= 4 is 11.9 Å². The number of benzene rings is 1. The number of allylic oxidation sites excluding steroid dienone is 2. The molecule has 1 N–H and O–H groups in total. The number of hydrogen-bond donors (Lipinski definition) is 1. The number of methoxy groups -OCH3 is 2. The largest absolute Gasteiger partial charge is 0.460 e. The maximum atomic E-state index is 13.5. The van der Waals surface area contributed by atoms with Gasteiger partial charge in [0.2, 0.25) is 0 Å². The van der Waals surface area contributed by atoms with Crippen molar-refractivity contribution in [3.05, 3.63) is 58.2 Å². The van der Waals surface area contributed by atoms with Crippen molar-refractivity contribution in [1.29, 1.82) is 0 Å². The van der Waals surface area contributed by atoms with Gasteiger partial charge in [-0.25, -0.2) is 14.0 Å². The lowest BCUT2D eigenvalue weighted by Gasteiger charge is -2.30. The Kier molecular flexibility index (Phi) is 8.35. The molecule has 2 rings (SSSR count). The lowest BCUT2D eigenvalue weighted by atomic mass is 9.80. The molecule has 0 atom stereocenters. The molecule has 1 aromatic carbocycles. The Morgan fingerprint density at radius 3 is 1.72 bits per heavy atom. The fourth-order valence-corrected chi connectivity index (χ4v) is 3.11. The Morgan fingerprint density at radius 2 is 1.31 bits per heavy atom. The molecule has 0 fully saturated rings. The zero-order valence-corrected chi connectivity index (χ0v) is 17.0. The van der Waals surface area contributed by atoms with Crippen molar-refractivity contribution in [2.24, 2.45) is 0 Å². The van der Waals surface area contributed by atoms with Gasteiger partial charge >= 0.3 is 11.9 Å². The molecule has 0 spiro atoms. The van der Waals surface area contributed by atoms with E-state index in [1.165, 1.54) is 38.5 Å². The fraction of sp³-hybridized carbons (Fsp3) is 0.429. The molecule has 0 unspecified atom stereocenters. The van der Waals surface area contributed by atoms with Crippen LogP contribution in [0.3, 0.4) is 0 Å². The first kappa shape index (κ1) is 22.6. The van der Waals surface area contributed by atoms with Crippen molar-refractivity contribution in [3.8, 4) is 0 Å². The van der Waals surface area contributed by atoms with Crippen LogP contribution in [0.25, 0.3) is 0 Å². The molecule has 1 aliphatic rings. The number of carbonyl (C=O) groups is 2. The fourth-order valence-electron chi connectivity index (χ4n) is 3.11. The molecule has 0 saturated carbocycles. The predicted octanol–water partition coefficient (Wildman–Crippen LogP) is 2.44. The van der Waals surface area contributed by atoms with Gasteiger partial charge in [0, 0.05) is 25.6 Å². The second kappa shape index (κ2) is 10.7. The summed E-state index contributed by atoms with van der Waals surface area (Å²) in [5.41, 5.74) is 2.19. The van der Waals surface area contributed by atoms with E-state index in [2.05, 4.69) is 5.32 Å². The van der Waals surface area contributed by atoms with Gasteiger partial charge in [-0.05, 0) is 31.5 Å². The van der Waals surface area contributed by atoms with Crippen molar-refractivity contribution in [2.75, 3.05) is 40.6 Å². The number of carbonyl (C=O) groups excluding carboxylic acids is 2. The lowest BCUT2D eigenvalue weighted by molar-refractivity contribution is -0.141. The maximum absolute atomic E-state index is 13.5. The van der Waals surface area contributed by atoms with Crippen LogP contribution >= 0.6 is 0 Å². The summed E-state index contributed by atoms with van der Waals surface area (Å²) < 4.78 is 33.9. The van der Waals surface area contributed by atoms with Gasteiger partial charge < -0.3 is 24.3 Å². The SMILES string of the molecule is COCCOC(=O)C1=C(C)NC(C)=C(C(=O)OCCOC)C1c1ccc(F)cc1. The molecule has 0 aliphatic carbocycles. The first-order chi connectivity index (χ1) is 13.9. The third kappa shape index (κ3) is 5.65. The third-order valence-electron chi connectivity index (χ3n) is 4.44. The second-order valence-corrected chi connectivity index (χ2v) is 6.44. The van der Waals surface area contributed by atoms with E-state index in [1.807, 2.05) is 0 Å². The Labute approximate surface area is 169 Å². The molecule has 0 aromatic heterocycles. The van der Waals surface area contributed by atoms with Gasteiger partial charge in [-0.2, -0.15) is 0 Å². The molecular weight excluding hydrogens is 381 g/mol. The molecule has 8 heteroatoms. The van der Waals surface area contributed by atoms with Crippen LogP contribution < -0.4 is 5.32 Å². The quantitative estimate of drug-likeness (QED) is 0.497. The Hall–Kier alpha value is -2.71. The molecule has 0 radical (unpaired) electrons. The van der Waals surface area contributed by atoms with Gasteiger partial charge in [0.05, 0.1) is 30.3 Å². The monoisotopic (exact) mass is 407 g/mol. The van der Waals surface area contributed by atoms with E-state index in [0.29, 0.717) is 17.0 Å². The first-order valence-corrected chi connectivity index (χ1v) is 9.16. The molecule has 29 heavy (non-hydrogen) atoms. The smallest absolute Gasteiger partial charge is 0.336 e. The van der Waals surface area contributed by atoms with Gasteiger partial charge in [-0.15, -0.1) is 0 Å². The molecule has 1 heterocycles. The molecule has 0 saturated heterocycles. The summed E-state index contributed by atoms with van der Waals surface area (Å²) in [6.07, 6.45) is 0. The highest BCUT2D eigenvalue weighted by molar-refractivity contribution is 5.99. The minimum atomic E-state index is -0.762. The van der Waals surface area contributed by atoms with Crippen LogP contribution in [0.1, 0.15) is 25.3 Å². The summed E-state index contributed by atoms with van der Waals surface area (Å²) in [7, 11) is 3.00.